The number of ether oxygens (including phenoxy) is 2. The van der Waals surface area contributed by atoms with Gasteiger partial charge in [0.05, 0.1) is 12.0 Å². The third kappa shape index (κ3) is 3.01. The molecule has 1 atom stereocenters. The van der Waals surface area contributed by atoms with E-state index in [9.17, 15) is 4.79 Å². The second-order valence-electron chi connectivity index (χ2n) is 5.50. The maximum atomic E-state index is 12.0. The highest BCUT2D eigenvalue weighted by atomic mass is 16.6. The maximum Gasteiger partial charge on any atom is 0.312 e. The third-order valence-electron chi connectivity index (χ3n) is 4.08. The molecule has 3 heteroatoms. The second-order valence-corrected chi connectivity index (χ2v) is 5.50. The number of carbonyl (C=O) groups is 1. The van der Waals surface area contributed by atoms with Gasteiger partial charge in [-0.3, -0.25) is 4.79 Å². The standard InChI is InChI=1S/C14H24O3/c1-2-3-9-16-11-12-10-14(13(15)17-12)7-5-4-6-8-14/h12H,2-11H2,1H3. The van der Waals surface area contributed by atoms with E-state index in [0.717, 1.165) is 38.7 Å². The lowest BCUT2D eigenvalue weighted by molar-refractivity contribution is -0.151. The lowest BCUT2D eigenvalue weighted by atomic mass is 9.72. The summed E-state index contributed by atoms with van der Waals surface area (Å²) >= 11 is 0. The van der Waals surface area contributed by atoms with E-state index in [0.29, 0.717) is 6.61 Å². The van der Waals surface area contributed by atoms with Crippen molar-refractivity contribution in [2.75, 3.05) is 13.2 Å². The summed E-state index contributed by atoms with van der Waals surface area (Å²) in [5, 5.41) is 0. The van der Waals surface area contributed by atoms with Crippen LogP contribution in [0.25, 0.3) is 0 Å². The van der Waals surface area contributed by atoms with E-state index < -0.39 is 0 Å². The number of carbonyl (C=O) groups excluding carboxylic acids is 1. The zero-order valence-electron chi connectivity index (χ0n) is 10.9. The Morgan fingerprint density at radius 2 is 2.12 bits per heavy atom. The van der Waals surface area contributed by atoms with Crippen molar-refractivity contribution in [3.63, 3.8) is 0 Å². The van der Waals surface area contributed by atoms with Crippen LogP contribution in [0, 0.1) is 5.41 Å². The molecule has 0 aromatic carbocycles. The van der Waals surface area contributed by atoms with Gasteiger partial charge in [0.1, 0.15) is 6.10 Å². The molecule has 3 nitrogen and oxygen atoms in total. The molecule has 0 aromatic rings. The Labute approximate surface area is 104 Å². The molecule has 17 heavy (non-hydrogen) atoms. The van der Waals surface area contributed by atoms with Gasteiger partial charge in [-0.15, -0.1) is 0 Å². The average molecular weight is 240 g/mol. The summed E-state index contributed by atoms with van der Waals surface area (Å²) in [6.07, 6.45) is 8.81. The smallest absolute Gasteiger partial charge is 0.312 e. The quantitative estimate of drug-likeness (QED) is 0.547. The summed E-state index contributed by atoms with van der Waals surface area (Å²) in [6, 6.07) is 0. The van der Waals surface area contributed by atoms with E-state index in [2.05, 4.69) is 6.92 Å². The SMILES string of the molecule is CCCCOCC1CC2(CCCCC2)C(=O)O1. The van der Waals surface area contributed by atoms with Gasteiger partial charge < -0.3 is 9.47 Å². The summed E-state index contributed by atoms with van der Waals surface area (Å²) < 4.78 is 11.0. The van der Waals surface area contributed by atoms with E-state index in [1.165, 1.54) is 19.3 Å². The summed E-state index contributed by atoms with van der Waals surface area (Å²) in [6.45, 7) is 3.53. The first-order valence-corrected chi connectivity index (χ1v) is 7.06. The number of cyclic esters (lactones) is 1. The van der Waals surface area contributed by atoms with Gasteiger partial charge in [-0.25, -0.2) is 0 Å². The number of esters is 1. The normalized spacial score (nSPS) is 27.4. The van der Waals surface area contributed by atoms with Crippen LogP contribution >= 0.6 is 0 Å². The number of hydrogen-bond acceptors (Lipinski definition) is 3. The molecule has 0 amide bonds. The van der Waals surface area contributed by atoms with Crippen molar-refractivity contribution in [2.24, 2.45) is 5.41 Å². The Balaban J connectivity index is 1.78. The Morgan fingerprint density at radius 3 is 2.82 bits per heavy atom. The van der Waals surface area contributed by atoms with Crippen LogP contribution in [-0.4, -0.2) is 25.3 Å². The fourth-order valence-electron chi connectivity index (χ4n) is 3.03. The molecule has 2 rings (SSSR count). The minimum Gasteiger partial charge on any atom is -0.459 e. The largest absolute Gasteiger partial charge is 0.459 e. The van der Waals surface area contributed by atoms with Crippen LogP contribution in [0.2, 0.25) is 0 Å². The lowest BCUT2D eigenvalue weighted by Gasteiger charge is -2.28. The Morgan fingerprint density at radius 1 is 1.35 bits per heavy atom. The molecule has 1 aliphatic carbocycles. The second kappa shape index (κ2) is 5.85. The molecule has 1 saturated carbocycles. The van der Waals surface area contributed by atoms with Crippen molar-refractivity contribution in [2.45, 2.75) is 64.4 Å². The molecule has 1 heterocycles. The first-order chi connectivity index (χ1) is 8.27. The highest BCUT2D eigenvalue weighted by Crippen LogP contribution is 2.45. The predicted octanol–water partition coefficient (Wildman–Crippen LogP) is 3.07. The van der Waals surface area contributed by atoms with Crippen molar-refractivity contribution in [3.8, 4) is 0 Å². The van der Waals surface area contributed by atoms with Crippen molar-refractivity contribution >= 4 is 5.97 Å². The van der Waals surface area contributed by atoms with Crippen molar-refractivity contribution in [1.82, 2.24) is 0 Å². The Bertz CT molecular complexity index is 256. The Hall–Kier alpha value is -0.570. The van der Waals surface area contributed by atoms with Crippen LogP contribution < -0.4 is 0 Å². The van der Waals surface area contributed by atoms with Gasteiger partial charge in [-0.1, -0.05) is 32.6 Å². The number of hydrogen-bond donors (Lipinski definition) is 0. The summed E-state index contributed by atoms with van der Waals surface area (Å²) in [5.41, 5.74) is -0.142. The van der Waals surface area contributed by atoms with Crippen LogP contribution in [0.4, 0.5) is 0 Å². The maximum absolute atomic E-state index is 12.0. The highest BCUT2D eigenvalue weighted by Gasteiger charge is 2.49. The molecule has 1 aliphatic heterocycles. The molecular weight excluding hydrogens is 216 g/mol. The van der Waals surface area contributed by atoms with Gasteiger partial charge in [0.2, 0.25) is 0 Å². The molecule has 2 aliphatic rings. The van der Waals surface area contributed by atoms with E-state index in [1.807, 2.05) is 0 Å². The van der Waals surface area contributed by atoms with E-state index >= 15 is 0 Å². The molecule has 1 spiro atoms. The molecule has 98 valence electrons. The molecule has 0 N–H and O–H groups in total. The van der Waals surface area contributed by atoms with Crippen LogP contribution in [0.1, 0.15) is 58.3 Å². The molecule has 0 aromatic heterocycles. The van der Waals surface area contributed by atoms with Crippen LogP contribution in [0.3, 0.4) is 0 Å². The molecule has 1 saturated heterocycles. The van der Waals surface area contributed by atoms with Crippen molar-refractivity contribution in [3.05, 3.63) is 0 Å². The zero-order chi connectivity index (χ0) is 12.1. The van der Waals surface area contributed by atoms with Gasteiger partial charge >= 0.3 is 5.97 Å². The monoisotopic (exact) mass is 240 g/mol. The molecule has 0 bridgehead atoms. The Kier molecular flexibility index (Phi) is 4.43. The molecular formula is C14H24O3. The molecule has 0 radical (unpaired) electrons. The summed E-state index contributed by atoms with van der Waals surface area (Å²) in [7, 11) is 0. The zero-order valence-corrected chi connectivity index (χ0v) is 10.9. The van der Waals surface area contributed by atoms with Gasteiger partial charge in [-0.2, -0.15) is 0 Å². The summed E-state index contributed by atoms with van der Waals surface area (Å²) in [4.78, 5) is 12.0. The third-order valence-corrected chi connectivity index (χ3v) is 4.08. The van der Waals surface area contributed by atoms with E-state index in [4.69, 9.17) is 9.47 Å². The van der Waals surface area contributed by atoms with Gasteiger partial charge in [0.25, 0.3) is 0 Å². The van der Waals surface area contributed by atoms with Crippen molar-refractivity contribution in [1.29, 1.82) is 0 Å². The lowest BCUT2D eigenvalue weighted by Crippen LogP contribution is -2.29. The fraction of sp³-hybridized carbons (Fsp3) is 0.929. The van der Waals surface area contributed by atoms with Crippen LogP contribution in [0.5, 0.6) is 0 Å². The molecule has 2 fully saturated rings. The molecule has 1 unspecified atom stereocenters. The minimum atomic E-state index is -0.142. The topological polar surface area (TPSA) is 35.5 Å². The van der Waals surface area contributed by atoms with Crippen LogP contribution in [-0.2, 0) is 14.3 Å². The van der Waals surface area contributed by atoms with Crippen LogP contribution in [0.15, 0.2) is 0 Å². The van der Waals surface area contributed by atoms with E-state index in [-0.39, 0.29) is 17.5 Å². The van der Waals surface area contributed by atoms with E-state index in [1.54, 1.807) is 0 Å². The highest BCUT2D eigenvalue weighted by molar-refractivity contribution is 5.79. The number of unbranched alkanes of at least 4 members (excludes halogenated alkanes) is 1. The van der Waals surface area contributed by atoms with Gasteiger partial charge in [0.15, 0.2) is 0 Å². The first kappa shape index (κ1) is 12.9. The number of rotatable bonds is 5. The fourth-order valence-corrected chi connectivity index (χ4v) is 3.03. The summed E-state index contributed by atoms with van der Waals surface area (Å²) in [5.74, 6) is 0.0429. The van der Waals surface area contributed by atoms with Gasteiger partial charge in [-0.05, 0) is 19.3 Å². The van der Waals surface area contributed by atoms with Gasteiger partial charge in [0, 0.05) is 13.0 Å². The minimum absolute atomic E-state index is 0.0115. The average Bonchev–Trinajstić information content (AvgIpc) is 2.63. The predicted molar refractivity (Wildman–Crippen MR) is 65.7 cm³/mol. The van der Waals surface area contributed by atoms with Crippen molar-refractivity contribution < 1.29 is 14.3 Å². The first-order valence-electron chi connectivity index (χ1n) is 7.06.